The van der Waals surface area contributed by atoms with Gasteiger partial charge in [0, 0.05) is 16.1 Å². The van der Waals surface area contributed by atoms with Gasteiger partial charge in [0.05, 0.1) is 0 Å². The lowest BCUT2D eigenvalue weighted by molar-refractivity contribution is 0.0846. The first-order chi connectivity index (χ1) is 14.6. The van der Waals surface area contributed by atoms with E-state index in [2.05, 4.69) is 26.3 Å². The minimum Gasteiger partial charge on any atom is -0.489 e. The Morgan fingerprint density at radius 1 is 0.833 bits per heavy atom. The third kappa shape index (κ3) is 4.56. The first kappa shape index (κ1) is 19.4. The molecule has 0 atom stereocenters. The summed E-state index contributed by atoms with van der Waals surface area (Å²) in [5, 5.41) is 11.0. The summed E-state index contributed by atoms with van der Waals surface area (Å²) in [5.74, 6) is -0.190. The molecular weight excluding hydrogens is 406 g/mol. The predicted molar refractivity (Wildman–Crippen MR) is 111 cm³/mol. The lowest BCUT2D eigenvalue weighted by Gasteiger charge is -2.09. The van der Waals surface area contributed by atoms with Crippen LogP contribution in [0.25, 0.3) is 11.0 Å². The number of rotatable bonds is 5. The van der Waals surface area contributed by atoms with Gasteiger partial charge in [0.15, 0.2) is 0 Å². The molecule has 30 heavy (non-hydrogen) atoms. The quantitative estimate of drug-likeness (QED) is 0.428. The zero-order valence-corrected chi connectivity index (χ0v) is 16.3. The van der Waals surface area contributed by atoms with Gasteiger partial charge in [-0.3, -0.25) is 20.4 Å². The molecule has 0 radical (unpaired) electrons. The number of aromatic amines is 1. The van der Waals surface area contributed by atoms with Crippen molar-refractivity contribution in [1.82, 2.24) is 26.3 Å². The first-order valence-corrected chi connectivity index (χ1v) is 9.35. The molecule has 0 fully saturated rings. The fourth-order valence-corrected chi connectivity index (χ4v) is 2.82. The molecular formula is C21H16ClN5O3. The molecule has 0 aliphatic rings. The van der Waals surface area contributed by atoms with Crippen molar-refractivity contribution in [3.05, 3.63) is 88.4 Å². The van der Waals surface area contributed by atoms with Crippen molar-refractivity contribution in [3.63, 3.8) is 0 Å². The highest BCUT2D eigenvalue weighted by Crippen LogP contribution is 2.17. The lowest BCUT2D eigenvalue weighted by atomic mass is 10.1. The molecule has 0 aliphatic carbocycles. The largest absolute Gasteiger partial charge is 0.489 e. The van der Waals surface area contributed by atoms with E-state index in [-0.39, 0.29) is 0 Å². The van der Waals surface area contributed by atoms with Gasteiger partial charge < -0.3 is 4.74 Å². The first-order valence-electron chi connectivity index (χ1n) is 8.97. The molecule has 8 nitrogen and oxygen atoms in total. The second kappa shape index (κ2) is 8.62. The molecule has 1 heterocycles. The van der Waals surface area contributed by atoms with Crippen LogP contribution in [-0.2, 0) is 6.61 Å². The molecule has 0 aliphatic heterocycles. The SMILES string of the molecule is O=C(NNC(=O)c1ccc2n[nH]nc2c1)c1ccc(COc2ccc(Cl)cc2)cc1. The molecule has 0 saturated heterocycles. The molecule has 3 N–H and O–H groups in total. The Labute approximate surface area is 176 Å². The highest BCUT2D eigenvalue weighted by atomic mass is 35.5. The Morgan fingerprint density at radius 2 is 1.47 bits per heavy atom. The summed E-state index contributed by atoms with van der Waals surface area (Å²) in [6.45, 7) is 0.352. The van der Waals surface area contributed by atoms with Crippen molar-refractivity contribution >= 4 is 34.4 Å². The van der Waals surface area contributed by atoms with Crippen LogP contribution in [0.15, 0.2) is 66.7 Å². The molecule has 0 saturated carbocycles. The summed E-state index contributed by atoms with van der Waals surface area (Å²) in [7, 11) is 0. The van der Waals surface area contributed by atoms with E-state index in [1.807, 2.05) is 0 Å². The predicted octanol–water partition coefficient (Wildman–Crippen LogP) is 3.27. The zero-order chi connectivity index (χ0) is 20.9. The van der Waals surface area contributed by atoms with Gasteiger partial charge in [0.25, 0.3) is 11.8 Å². The van der Waals surface area contributed by atoms with E-state index in [9.17, 15) is 9.59 Å². The standard InChI is InChI=1S/C21H16ClN5O3/c22-16-6-8-17(9-7-16)30-12-13-1-3-14(4-2-13)20(28)25-26-21(29)15-5-10-18-19(11-15)24-27-23-18/h1-11H,12H2,(H,25,28)(H,26,29)(H,23,24,27). The number of fused-ring (bicyclic) bond motifs is 1. The van der Waals surface area contributed by atoms with Crippen LogP contribution in [0.4, 0.5) is 0 Å². The minimum atomic E-state index is -0.457. The number of benzene rings is 3. The molecule has 0 bridgehead atoms. The van der Waals surface area contributed by atoms with E-state index in [4.69, 9.17) is 16.3 Å². The number of carbonyl (C=O) groups excluding carboxylic acids is 2. The Kier molecular flexibility index (Phi) is 5.58. The van der Waals surface area contributed by atoms with Crippen molar-refractivity contribution in [2.45, 2.75) is 6.61 Å². The van der Waals surface area contributed by atoms with Crippen molar-refractivity contribution in [2.24, 2.45) is 0 Å². The van der Waals surface area contributed by atoms with E-state index in [1.165, 1.54) is 0 Å². The van der Waals surface area contributed by atoms with Crippen LogP contribution in [0.2, 0.25) is 5.02 Å². The summed E-state index contributed by atoms with van der Waals surface area (Å²) < 4.78 is 5.67. The Balaban J connectivity index is 1.30. The molecule has 4 aromatic rings. The molecule has 150 valence electrons. The van der Waals surface area contributed by atoms with Gasteiger partial charge in [-0.1, -0.05) is 23.7 Å². The topological polar surface area (TPSA) is 109 Å². The maximum Gasteiger partial charge on any atom is 0.269 e. The summed E-state index contributed by atoms with van der Waals surface area (Å²) in [6, 6.07) is 18.8. The van der Waals surface area contributed by atoms with Crippen LogP contribution in [0.5, 0.6) is 5.75 Å². The van der Waals surface area contributed by atoms with Crippen LogP contribution in [0.1, 0.15) is 26.3 Å². The van der Waals surface area contributed by atoms with Gasteiger partial charge in [-0.25, -0.2) is 0 Å². The molecule has 1 aromatic heterocycles. The molecule has 9 heteroatoms. The molecule has 0 unspecified atom stereocenters. The third-order valence-electron chi connectivity index (χ3n) is 4.30. The fourth-order valence-electron chi connectivity index (χ4n) is 2.69. The number of halogens is 1. The summed E-state index contributed by atoms with van der Waals surface area (Å²) in [5.41, 5.74) is 7.64. The Morgan fingerprint density at radius 3 is 2.20 bits per heavy atom. The number of hydrazine groups is 1. The summed E-state index contributed by atoms with van der Waals surface area (Å²) in [4.78, 5) is 24.5. The van der Waals surface area contributed by atoms with E-state index < -0.39 is 11.8 Å². The summed E-state index contributed by atoms with van der Waals surface area (Å²) in [6.07, 6.45) is 0. The van der Waals surface area contributed by atoms with Crippen molar-refractivity contribution in [3.8, 4) is 5.75 Å². The smallest absolute Gasteiger partial charge is 0.269 e. The molecule has 0 spiro atoms. The van der Waals surface area contributed by atoms with E-state index in [0.29, 0.717) is 39.5 Å². The van der Waals surface area contributed by atoms with Gasteiger partial charge >= 0.3 is 0 Å². The highest BCUT2D eigenvalue weighted by molar-refractivity contribution is 6.30. The number of hydrogen-bond acceptors (Lipinski definition) is 5. The highest BCUT2D eigenvalue weighted by Gasteiger charge is 2.11. The zero-order valence-electron chi connectivity index (χ0n) is 15.6. The number of aromatic nitrogens is 3. The number of amides is 2. The fraction of sp³-hybridized carbons (Fsp3) is 0.0476. The van der Waals surface area contributed by atoms with Gasteiger partial charge in [-0.2, -0.15) is 15.4 Å². The monoisotopic (exact) mass is 421 g/mol. The van der Waals surface area contributed by atoms with Gasteiger partial charge in [-0.05, 0) is 60.2 Å². The van der Waals surface area contributed by atoms with E-state index in [1.54, 1.807) is 66.7 Å². The maximum atomic E-state index is 12.3. The van der Waals surface area contributed by atoms with Gasteiger partial charge in [0.1, 0.15) is 23.4 Å². The number of nitrogens with zero attached hydrogens (tertiary/aromatic N) is 2. The van der Waals surface area contributed by atoms with E-state index >= 15 is 0 Å². The summed E-state index contributed by atoms with van der Waals surface area (Å²) >= 11 is 5.85. The molecule has 4 rings (SSSR count). The second-order valence-corrected chi connectivity index (χ2v) is 6.81. The molecule has 2 amide bonds. The lowest BCUT2D eigenvalue weighted by Crippen LogP contribution is -2.41. The van der Waals surface area contributed by atoms with Crippen LogP contribution in [0.3, 0.4) is 0 Å². The number of carbonyl (C=O) groups is 2. The van der Waals surface area contributed by atoms with Crippen molar-refractivity contribution in [1.29, 1.82) is 0 Å². The Bertz CT molecular complexity index is 1190. The van der Waals surface area contributed by atoms with Gasteiger partial charge in [-0.15, -0.1) is 0 Å². The van der Waals surface area contributed by atoms with Crippen molar-refractivity contribution in [2.75, 3.05) is 0 Å². The molecule has 3 aromatic carbocycles. The van der Waals surface area contributed by atoms with E-state index in [0.717, 1.165) is 5.56 Å². The van der Waals surface area contributed by atoms with Crippen LogP contribution in [-0.4, -0.2) is 27.2 Å². The van der Waals surface area contributed by atoms with Crippen LogP contribution in [0, 0.1) is 0 Å². The Hall–Kier alpha value is -3.91. The maximum absolute atomic E-state index is 12.3. The van der Waals surface area contributed by atoms with Crippen LogP contribution < -0.4 is 15.6 Å². The number of nitrogens with one attached hydrogen (secondary N) is 3. The average molecular weight is 422 g/mol. The number of ether oxygens (including phenoxy) is 1. The third-order valence-corrected chi connectivity index (χ3v) is 4.56. The number of hydrogen-bond donors (Lipinski definition) is 3. The minimum absolute atomic E-state index is 0.352. The van der Waals surface area contributed by atoms with Crippen LogP contribution >= 0.6 is 11.6 Å². The van der Waals surface area contributed by atoms with Crippen molar-refractivity contribution < 1.29 is 14.3 Å². The van der Waals surface area contributed by atoms with Gasteiger partial charge in [0.2, 0.25) is 0 Å². The number of H-pyrrole nitrogens is 1. The normalized spacial score (nSPS) is 10.6. The second-order valence-electron chi connectivity index (χ2n) is 6.37. The average Bonchev–Trinajstić information content (AvgIpc) is 3.25.